The molecule has 0 aliphatic heterocycles. The van der Waals surface area contributed by atoms with Crippen molar-refractivity contribution in [2.45, 2.75) is 52.9 Å². The predicted molar refractivity (Wildman–Crippen MR) is 57.1 cm³/mol. The standard InChI is InChI=1S/C11H20N2O/c1-4-7-13-8-6-11(12-13)9-14-10(3)5-2/h6,8,10H,4-5,7,9H2,1-3H3/t10-/m0/s1. The molecule has 1 rings (SSSR count). The molecule has 1 atom stereocenters. The van der Waals surface area contributed by atoms with E-state index in [0.717, 1.165) is 25.1 Å². The molecule has 14 heavy (non-hydrogen) atoms. The molecule has 0 saturated carbocycles. The van der Waals surface area contributed by atoms with Crippen LogP contribution in [0.2, 0.25) is 0 Å². The summed E-state index contributed by atoms with van der Waals surface area (Å²) < 4.78 is 7.56. The zero-order valence-corrected chi connectivity index (χ0v) is 9.36. The van der Waals surface area contributed by atoms with E-state index in [9.17, 15) is 0 Å². The van der Waals surface area contributed by atoms with Crippen molar-refractivity contribution >= 4 is 0 Å². The quantitative estimate of drug-likeness (QED) is 0.699. The van der Waals surface area contributed by atoms with E-state index < -0.39 is 0 Å². The van der Waals surface area contributed by atoms with Crippen molar-refractivity contribution in [3.8, 4) is 0 Å². The summed E-state index contributed by atoms with van der Waals surface area (Å²) >= 11 is 0. The highest BCUT2D eigenvalue weighted by Gasteiger charge is 2.02. The molecule has 3 heteroatoms. The van der Waals surface area contributed by atoms with E-state index in [2.05, 4.69) is 25.9 Å². The van der Waals surface area contributed by atoms with Crippen LogP contribution < -0.4 is 0 Å². The van der Waals surface area contributed by atoms with E-state index in [0.29, 0.717) is 12.7 Å². The minimum Gasteiger partial charge on any atom is -0.372 e. The van der Waals surface area contributed by atoms with Gasteiger partial charge in [-0.05, 0) is 25.8 Å². The van der Waals surface area contributed by atoms with E-state index in [1.54, 1.807) is 0 Å². The predicted octanol–water partition coefficient (Wildman–Crippen LogP) is 2.61. The van der Waals surface area contributed by atoms with Gasteiger partial charge in [0, 0.05) is 12.7 Å². The molecule has 0 bridgehead atoms. The summed E-state index contributed by atoms with van der Waals surface area (Å²) in [5.74, 6) is 0. The van der Waals surface area contributed by atoms with Crippen LogP contribution in [0.15, 0.2) is 12.3 Å². The van der Waals surface area contributed by atoms with Crippen LogP contribution in [0.5, 0.6) is 0 Å². The molecule has 0 spiro atoms. The lowest BCUT2D eigenvalue weighted by Gasteiger charge is -2.08. The van der Waals surface area contributed by atoms with Gasteiger partial charge in [0.25, 0.3) is 0 Å². The summed E-state index contributed by atoms with van der Waals surface area (Å²) in [5.41, 5.74) is 1.03. The van der Waals surface area contributed by atoms with Gasteiger partial charge in [0.1, 0.15) is 0 Å². The topological polar surface area (TPSA) is 27.1 Å². The summed E-state index contributed by atoms with van der Waals surface area (Å²) in [6.45, 7) is 7.98. The van der Waals surface area contributed by atoms with Gasteiger partial charge in [-0.15, -0.1) is 0 Å². The van der Waals surface area contributed by atoms with Crippen LogP contribution in [0.25, 0.3) is 0 Å². The van der Waals surface area contributed by atoms with Crippen LogP contribution in [-0.2, 0) is 17.9 Å². The first-order valence-electron chi connectivity index (χ1n) is 5.40. The SMILES string of the molecule is CCCn1ccc(CO[C@@H](C)CC)n1. The van der Waals surface area contributed by atoms with Crippen molar-refractivity contribution in [2.24, 2.45) is 0 Å². The van der Waals surface area contributed by atoms with Crippen LogP contribution in [0.3, 0.4) is 0 Å². The monoisotopic (exact) mass is 196 g/mol. The molecule has 0 aromatic carbocycles. The maximum atomic E-state index is 5.59. The third-order valence-corrected chi connectivity index (χ3v) is 2.24. The molecule has 1 aromatic heterocycles. The van der Waals surface area contributed by atoms with Crippen molar-refractivity contribution in [1.82, 2.24) is 9.78 Å². The smallest absolute Gasteiger partial charge is 0.0910 e. The van der Waals surface area contributed by atoms with Gasteiger partial charge in [0.2, 0.25) is 0 Å². The van der Waals surface area contributed by atoms with Crippen LogP contribution in [0, 0.1) is 0 Å². The first-order valence-corrected chi connectivity index (χ1v) is 5.40. The summed E-state index contributed by atoms with van der Waals surface area (Å²) in [6.07, 6.45) is 4.51. The van der Waals surface area contributed by atoms with E-state index in [1.165, 1.54) is 0 Å². The largest absolute Gasteiger partial charge is 0.372 e. The molecule has 1 heterocycles. The Morgan fingerprint density at radius 2 is 2.29 bits per heavy atom. The maximum absolute atomic E-state index is 5.59. The van der Waals surface area contributed by atoms with Crippen LogP contribution >= 0.6 is 0 Å². The van der Waals surface area contributed by atoms with E-state index in [4.69, 9.17) is 4.74 Å². The molecule has 0 aliphatic carbocycles. The number of aryl methyl sites for hydroxylation is 1. The van der Waals surface area contributed by atoms with E-state index in [1.807, 2.05) is 16.9 Å². The van der Waals surface area contributed by atoms with Gasteiger partial charge in [-0.3, -0.25) is 4.68 Å². The average Bonchev–Trinajstić information content (AvgIpc) is 2.63. The van der Waals surface area contributed by atoms with Crippen molar-refractivity contribution in [1.29, 1.82) is 0 Å². The number of nitrogens with zero attached hydrogens (tertiary/aromatic N) is 2. The fourth-order valence-electron chi connectivity index (χ4n) is 1.18. The molecule has 1 aromatic rings. The Hall–Kier alpha value is -0.830. The molecule has 0 fully saturated rings. The van der Waals surface area contributed by atoms with Crippen molar-refractivity contribution < 1.29 is 4.74 Å². The van der Waals surface area contributed by atoms with Crippen LogP contribution in [0.1, 0.15) is 39.3 Å². The third kappa shape index (κ3) is 3.50. The number of rotatable bonds is 6. The number of aromatic nitrogens is 2. The Balaban J connectivity index is 2.35. The van der Waals surface area contributed by atoms with Gasteiger partial charge in [0.05, 0.1) is 18.4 Å². The third-order valence-electron chi connectivity index (χ3n) is 2.24. The highest BCUT2D eigenvalue weighted by Crippen LogP contribution is 2.03. The van der Waals surface area contributed by atoms with Crippen LogP contribution in [-0.4, -0.2) is 15.9 Å². The average molecular weight is 196 g/mol. The summed E-state index contributed by atoms with van der Waals surface area (Å²) in [7, 11) is 0. The maximum Gasteiger partial charge on any atom is 0.0910 e. The molecule has 0 radical (unpaired) electrons. The molecule has 0 aliphatic rings. The molecule has 3 nitrogen and oxygen atoms in total. The Kier molecular flexibility index (Phi) is 4.66. The lowest BCUT2D eigenvalue weighted by Crippen LogP contribution is -2.07. The second-order valence-electron chi connectivity index (χ2n) is 3.60. The molecule has 0 N–H and O–H groups in total. The summed E-state index contributed by atoms with van der Waals surface area (Å²) in [4.78, 5) is 0. The van der Waals surface area contributed by atoms with E-state index in [-0.39, 0.29) is 0 Å². The minimum absolute atomic E-state index is 0.325. The molecule has 80 valence electrons. The van der Waals surface area contributed by atoms with Crippen molar-refractivity contribution in [3.05, 3.63) is 18.0 Å². The fourth-order valence-corrected chi connectivity index (χ4v) is 1.18. The summed E-state index contributed by atoms with van der Waals surface area (Å²) in [6, 6.07) is 2.03. The molecular formula is C11H20N2O. The van der Waals surface area contributed by atoms with E-state index >= 15 is 0 Å². The molecule has 0 saturated heterocycles. The number of hydrogen-bond acceptors (Lipinski definition) is 2. The Morgan fingerprint density at radius 3 is 2.93 bits per heavy atom. The van der Waals surface area contributed by atoms with Gasteiger partial charge in [-0.1, -0.05) is 13.8 Å². The lowest BCUT2D eigenvalue weighted by molar-refractivity contribution is 0.0486. The van der Waals surface area contributed by atoms with Gasteiger partial charge in [0.15, 0.2) is 0 Å². The second kappa shape index (κ2) is 5.81. The fraction of sp³-hybridized carbons (Fsp3) is 0.727. The van der Waals surface area contributed by atoms with Crippen molar-refractivity contribution in [2.75, 3.05) is 0 Å². The minimum atomic E-state index is 0.325. The highest BCUT2D eigenvalue weighted by atomic mass is 16.5. The molecule has 0 amide bonds. The van der Waals surface area contributed by atoms with Gasteiger partial charge in [-0.2, -0.15) is 5.10 Å². The Labute approximate surface area is 86.1 Å². The Morgan fingerprint density at radius 1 is 1.50 bits per heavy atom. The molecule has 0 unspecified atom stereocenters. The van der Waals surface area contributed by atoms with Gasteiger partial charge in [-0.25, -0.2) is 0 Å². The zero-order valence-electron chi connectivity index (χ0n) is 9.36. The summed E-state index contributed by atoms with van der Waals surface area (Å²) in [5, 5.41) is 4.40. The first-order chi connectivity index (χ1) is 6.76. The van der Waals surface area contributed by atoms with Crippen molar-refractivity contribution in [3.63, 3.8) is 0 Å². The van der Waals surface area contributed by atoms with Crippen LogP contribution in [0.4, 0.5) is 0 Å². The number of hydrogen-bond donors (Lipinski definition) is 0. The van der Waals surface area contributed by atoms with Gasteiger partial charge < -0.3 is 4.74 Å². The number of ether oxygens (including phenoxy) is 1. The zero-order chi connectivity index (χ0) is 10.4. The highest BCUT2D eigenvalue weighted by molar-refractivity contribution is 4.96. The second-order valence-corrected chi connectivity index (χ2v) is 3.60. The van der Waals surface area contributed by atoms with Gasteiger partial charge >= 0.3 is 0 Å². The Bertz CT molecular complexity index is 258. The molecular weight excluding hydrogens is 176 g/mol. The normalized spacial score (nSPS) is 13.1. The lowest BCUT2D eigenvalue weighted by atomic mass is 10.3. The first kappa shape index (κ1) is 11.2.